The van der Waals surface area contributed by atoms with E-state index in [0.717, 1.165) is 4.88 Å². The van der Waals surface area contributed by atoms with Crippen molar-refractivity contribution in [3.05, 3.63) is 33.7 Å². The van der Waals surface area contributed by atoms with E-state index in [1.807, 2.05) is 13.0 Å². The summed E-state index contributed by atoms with van der Waals surface area (Å²) in [6, 6.07) is 1.87. The number of nitrogens with zero attached hydrogens (tertiary/aromatic N) is 6. The number of fused-ring (bicyclic) bond motifs is 2. The summed E-state index contributed by atoms with van der Waals surface area (Å²) in [4.78, 5) is 32.3. The third-order valence-electron chi connectivity index (χ3n) is 5.97. The van der Waals surface area contributed by atoms with Crippen LogP contribution in [0.4, 0.5) is 38.1 Å². The average molecular weight is 531 g/mol. The van der Waals surface area contributed by atoms with E-state index in [9.17, 15) is 31.1 Å². The fraction of sp³-hybridized carbons (Fsp3) is 0.476. The van der Waals surface area contributed by atoms with Gasteiger partial charge in [-0.05, 0) is 18.9 Å². The molecule has 0 atom stereocenters. The number of piperazine rings is 1. The number of thiophene rings is 1. The Morgan fingerprint density at radius 2 is 1.78 bits per heavy atom. The van der Waals surface area contributed by atoms with Gasteiger partial charge < -0.3 is 15.1 Å². The highest BCUT2D eigenvalue weighted by molar-refractivity contribution is 7.18. The van der Waals surface area contributed by atoms with E-state index < -0.39 is 23.9 Å². The second-order valence-electron chi connectivity index (χ2n) is 8.39. The lowest BCUT2D eigenvalue weighted by molar-refractivity contribution is -0.153. The average Bonchev–Trinajstić information content (AvgIpc) is 3.24. The van der Waals surface area contributed by atoms with Gasteiger partial charge in [0, 0.05) is 30.1 Å². The zero-order valence-electron chi connectivity index (χ0n) is 18.8. The van der Waals surface area contributed by atoms with E-state index in [4.69, 9.17) is 0 Å². The van der Waals surface area contributed by atoms with Gasteiger partial charge in [0.2, 0.25) is 17.7 Å². The molecule has 0 saturated carbocycles. The maximum atomic E-state index is 13.6. The standard InChI is InChI=1S/C21H19F6N7OS/c1-2-10-7-12-16(31-19(32-17(12)36-10)34-6-4-28-14(35)9-34)33-5-3-11-13(8-33)29-18(21(25,26)27)30-15(11)20(22,23)24/h7H,2-6,8-9H2,1H3,(H,28,35). The number of alkyl halides is 6. The Kier molecular flexibility index (Phi) is 5.92. The lowest BCUT2D eigenvalue weighted by Gasteiger charge is -2.32. The molecule has 3 aromatic heterocycles. The molecule has 5 heterocycles. The number of nitrogens with one attached hydrogen (secondary N) is 1. The number of carbonyl (C=O) groups is 1. The topological polar surface area (TPSA) is 87.1 Å². The molecule has 1 fully saturated rings. The van der Waals surface area contributed by atoms with E-state index in [1.54, 1.807) is 9.80 Å². The van der Waals surface area contributed by atoms with Crippen LogP contribution in [0.5, 0.6) is 0 Å². The highest BCUT2D eigenvalue weighted by atomic mass is 32.1. The van der Waals surface area contributed by atoms with Crippen LogP contribution in [-0.4, -0.2) is 52.0 Å². The van der Waals surface area contributed by atoms with Gasteiger partial charge in [0.05, 0.1) is 24.2 Å². The number of hydrogen-bond acceptors (Lipinski definition) is 8. The Morgan fingerprint density at radius 1 is 1.00 bits per heavy atom. The molecule has 3 aromatic rings. The summed E-state index contributed by atoms with van der Waals surface area (Å²) in [6.07, 6.45) is -9.68. The number of carbonyl (C=O) groups excluding carboxylic acids is 1. The first-order valence-electron chi connectivity index (χ1n) is 11.0. The Bertz CT molecular complexity index is 1340. The van der Waals surface area contributed by atoms with E-state index in [0.29, 0.717) is 35.5 Å². The maximum absolute atomic E-state index is 13.6. The number of anilines is 2. The van der Waals surface area contributed by atoms with Crippen molar-refractivity contribution in [1.29, 1.82) is 0 Å². The van der Waals surface area contributed by atoms with Crippen molar-refractivity contribution in [2.75, 3.05) is 36.0 Å². The first-order chi connectivity index (χ1) is 16.9. The Morgan fingerprint density at radius 3 is 2.44 bits per heavy atom. The van der Waals surface area contributed by atoms with E-state index in [1.165, 1.54) is 11.3 Å². The Labute approximate surface area is 204 Å². The Balaban J connectivity index is 1.60. The normalized spacial score (nSPS) is 16.9. The van der Waals surface area contributed by atoms with Gasteiger partial charge >= 0.3 is 12.4 Å². The number of rotatable bonds is 3. The van der Waals surface area contributed by atoms with Crippen molar-refractivity contribution in [2.45, 2.75) is 38.7 Å². The van der Waals surface area contributed by atoms with Crippen molar-refractivity contribution in [2.24, 2.45) is 0 Å². The molecule has 0 aliphatic carbocycles. The van der Waals surface area contributed by atoms with Gasteiger partial charge in [0.25, 0.3) is 0 Å². The van der Waals surface area contributed by atoms with E-state index >= 15 is 0 Å². The van der Waals surface area contributed by atoms with Crippen LogP contribution in [0.25, 0.3) is 10.2 Å². The molecule has 192 valence electrons. The highest BCUT2D eigenvalue weighted by Crippen LogP contribution is 2.39. The summed E-state index contributed by atoms with van der Waals surface area (Å²) in [5.74, 6) is -1.37. The molecule has 0 aromatic carbocycles. The molecule has 1 N–H and O–H groups in total. The summed E-state index contributed by atoms with van der Waals surface area (Å²) >= 11 is 1.42. The molecule has 36 heavy (non-hydrogen) atoms. The van der Waals surface area contributed by atoms with Crippen LogP contribution in [0, 0.1) is 0 Å². The SMILES string of the molecule is CCc1cc2c(N3CCc4c(nc(C(F)(F)F)nc4C(F)(F)F)C3)nc(N3CCNC(=O)C3)nc2s1. The highest BCUT2D eigenvalue weighted by Gasteiger charge is 2.43. The molecule has 0 radical (unpaired) electrons. The van der Waals surface area contributed by atoms with Crippen LogP contribution >= 0.6 is 11.3 Å². The van der Waals surface area contributed by atoms with Crippen LogP contribution in [0.1, 0.15) is 34.6 Å². The number of aromatic nitrogens is 4. The van der Waals surface area contributed by atoms with Gasteiger partial charge in [-0.1, -0.05) is 6.92 Å². The van der Waals surface area contributed by atoms with Gasteiger partial charge in [-0.2, -0.15) is 31.3 Å². The molecule has 2 aliphatic rings. The lowest BCUT2D eigenvalue weighted by atomic mass is 10.0. The van der Waals surface area contributed by atoms with Gasteiger partial charge in [0.1, 0.15) is 10.6 Å². The van der Waals surface area contributed by atoms with Gasteiger partial charge in [-0.3, -0.25) is 4.79 Å². The summed E-state index contributed by atoms with van der Waals surface area (Å²) in [5.41, 5.74) is -2.24. The third kappa shape index (κ3) is 4.51. The van der Waals surface area contributed by atoms with Crippen molar-refractivity contribution in [3.63, 3.8) is 0 Å². The predicted octanol–water partition coefficient (Wildman–Crippen LogP) is 3.58. The van der Waals surface area contributed by atoms with Crippen LogP contribution in [0.3, 0.4) is 0 Å². The number of amides is 1. The lowest BCUT2D eigenvalue weighted by Crippen LogP contribution is -2.48. The molecule has 0 bridgehead atoms. The molecule has 5 rings (SSSR count). The minimum absolute atomic E-state index is 0.0386. The third-order valence-corrected chi connectivity index (χ3v) is 7.14. The van der Waals surface area contributed by atoms with Crippen LogP contribution < -0.4 is 15.1 Å². The molecular formula is C21H19F6N7OS. The van der Waals surface area contributed by atoms with Gasteiger partial charge in [-0.15, -0.1) is 11.3 Å². The van der Waals surface area contributed by atoms with Crippen LogP contribution in [0.2, 0.25) is 0 Å². The van der Waals surface area contributed by atoms with Crippen molar-refractivity contribution >= 4 is 39.2 Å². The molecule has 0 unspecified atom stereocenters. The Hall–Kier alpha value is -3.23. The fourth-order valence-electron chi connectivity index (χ4n) is 4.28. The summed E-state index contributed by atoms with van der Waals surface area (Å²) in [5, 5.41) is 3.36. The van der Waals surface area contributed by atoms with Crippen molar-refractivity contribution in [1.82, 2.24) is 25.3 Å². The molecule has 1 amide bonds. The molecular weight excluding hydrogens is 512 g/mol. The predicted molar refractivity (Wildman–Crippen MR) is 119 cm³/mol. The monoisotopic (exact) mass is 531 g/mol. The summed E-state index contributed by atoms with van der Waals surface area (Å²) in [6.45, 7) is 2.61. The second-order valence-corrected chi connectivity index (χ2v) is 9.51. The van der Waals surface area contributed by atoms with Gasteiger partial charge in [-0.25, -0.2) is 15.0 Å². The summed E-state index contributed by atoms with van der Waals surface area (Å²) in [7, 11) is 0. The molecule has 0 spiro atoms. The maximum Gasteiger partial charge on any atom is 0.451 e. The zero-order valence-corrected chi connectivity index (χ0v) is 19.6. The minimum Gasteiger partial charge on any atom is -0.353 e. The number of halogens is 6. The number of aryl methyl sites for hydroxylation is 1. The van der Waals surface area contributed by atoms with E-state index in [2.05, 4.69) is 25.3 Å². The molecule has 15 heteroatoms. The largest absolute Gasteiger partial charge is 0.451 e. The molecule has 8 nitrogen and oxygen atoms in total. The first kappa shape index (κ1) is 24.5. The second kappa shape index (κ2) is 8.71. The van der Waals surface area contributed by atoms with E-state index in [-0.39, 0.29) is 49.2 Å². The zero-order chi connectivity index (χ0) is 25.8. The van der Waals surface area contributed by atoms with Crippen molar-refractivity contribution < 1.29 is 31.1 Å². The molecule has 1 saturated heterocycles. The first-order valence-corrected chi connectivity index (χ1v) is 11.9. The minimum atomic E-state index is -5.13. The van der Waals surface area contributed by atoms with Crippen LogP contribution in [-0.2, 0) is 36.5 Å². The quantitative estimate of drug-likeness (QED) is 0.517. The van der Waals surface area contributed by atoms with Gasteiger partial charge in [0.15, 0.2) is 5.69 Å². The van der Waals surface area contributed by atoms with Crippen molar-refractivity contribution in [3.8, 4) is 0 Å². The smallest absolute Gasteiger partial charge is 0.353 e. The number of hydrogen-bond donors (Lipinski definition) is 1. The summed E-state index contributed by atoms with van der Waals surface area (Å²) < 4.78 is 80.7. The fourth-order valence-corrected chi connectivity index (χ4v) is 5.24. The molecule has 2 aliphatic heterocycles. The van der Waals surface area contributed by atoms with Crippen LogP contribution in [0.15, 0.2) is 6.07 Å².